The summed E-state index contributed by atoms with van der Waals surface area (Å²) in [6.45, 7) is 2.68. The molecular weight excluding hydrogens is 472 g/mol. The Balaban J connectivity index is 1.50. The molecule has 1 saturated heterocycles. The van der Waals surface area contributed by atoms with E-state index in [9.17, 15) is 19.2 Å². The van der Waals surface area contributed by atoms with Gasteiger partial charge in [-0.1, -0.05) is 24.3 Å². The number of carbonyl (C=O) groups is 4. The van der Waals surface area contributed by atoms with E-state index < -0.39 is 18.0 Å². The second-order valence-electron chi connectivity index (χ2n) is 9.17. The van der Waals surface area contributed by atoms with Gasteiger partial charge in [-0.05, 0) is 43.5 Å². The van der Waals surface area contributed by atoms with Crippen molar-refractivity contribution in [2.24, 2.45) is 0 Å². The van der Waals surface area contributed by atoms with Gasteiger partial charge in [0.2, 0.25) is 17.7 Å². The van der Waals surface area contributed by atoms with Crippen LogP contribution in [0.5, 0.6) is 0 Å². The van der Waals surface area contributed by atoms with Gasteiger partial charge in [-0.15, -0.1) is 0 Å². The van der Waals surface area contributed by atoms with Crippen molar-refractivity contribution in [3.63, 3.8) is 0 Å². The molecule has 0 saturated carbocycles. The van der Waals surface area contributed by atoms with Crippen LogP contribution in [-0.4, -0.2) is 70.2 Å². The van der Waals surface area contributed by atoms with Crippen molar-refractivity contribution in [2.45, 2.75) is 44.7 Å². The van der Waals surface area contributed by atoms with Gasteiger partial charge in [0.25, 0.3) is 5.91 Å². The number of rotatable bonds is 3. The number of carbonyl (C=O) groups excluding carboxylic acids is 4. The molecule has 1 aliphatic heterocycles. The number of amides is 4. The topological polar surface area (TPSA) is 136 Å². The maximum absolute atomic E-state index is 13.2. The van der Waals surface area contributed by atoms with Crippen LogP contribution in [-0.2, 0) is 20.8 Å². The normalized spacial score (nSPS) is 20.4. The first-order chi connectivity index (χ1) is 17.9. The molecule has 0 radical (unpaired) electrons. The number of pyridine rings is 1. The van der Waals surface area contributed by atoms with Crippen molar-refractivity contribution in [3.8, 4) is 0 Å². The number of hydrogen-bond acceptors (Lipinski definition) is 5. The summed E-state index contributed by atoms with van der Waals surface area (Å²) < 4.78 is 0. The van der Waals surface area contributed by atoms with E-state index in [0.29, 0.717) is 38.2 Å². The summed E-state index contributed by atoms with van der Waals surface area (Å²) in [7, 11) is 0. The summed E-state index contributed by atoms with van der Waals surface area (Å²) in [5, 5.41) is 9.38. The molecule has 2 aromatic heterocycles. The van der Waals surface area contributed by atoms with E-state index in [1.54, 1.807) is 36.2 Å². The van der Waals surface area contributed by atoms with Gasteiger partial charge in [0.1, 0.15) is 17.8 Å². The third-order valence-electron chi connectivity index (χ3n) is 6.41. The minimum atomic E-state index is -0.831. The van der Waals surface area contributed by atoms with Crippen molar-refractivity contribution in [1.82, 2.24) is 30.8 Å². The second kappa shape index (κ2) is 12.2. The van der Waals surface area contributed by atoms with Crippen LogP contribution < -0.4 is 16.0 Å². The van der Waals surface area contributed by atoms with Crippen LogP contribution in [0.15, 0.2) is 54.9 Å². The van der Waals surface area contributed by atoms with Crippen LogP contribution in [0.2, 0.25) is 0 Å². The second-order valence-corrected chi connectivity index (χ2v) is 9.17. The van der Waals surface area contributed by atoms with Crippen LogP contribution in [0.3, 0.4) is 0 Å². The number of hydrogen-bond donors (Lipinski definition) is 4. The molecule has 3 heterocycles. The van der Waals surface area contributed by atoms with E-state index >= 15 is 0 Å². The van der Waals surface area contributed by atoms with Gasteiger partial charge in [0.05, 0.1) is 0 Å². The standard InChI is InChI=1S/C27H32N6O4/c1-18-25(35)32-23(16-19-17-30-21-9-3-2-8-20(19)21)26(36)29-13-7-15-33(14-6-11-24(34)31-18)27(37)22-10-4-5-12-28-22/h2-5,8-10,12,17-18,23,30H,6-7,11,13-16H2,1H3,(H,29,36)(H,31,34)(H,32,35)/t18-,23+/m0/s1. The summed E-state index contributed by atoms with van der Waals surface area (Å²) >= 11 is 0. The maximum atomic E-state index is 13.2. The van der Waals surface area contributed by atoms with Gasteiger partial charge < -0.3 is 25.8 Å². The smallest absolute Gasteiger partial charge is 0.272 e. The highest BCUT2D eigenvalue weighted by molar-refractivity contribution is 5.93. The fourth-order valence-electron chi connectivity index (χ4n) is 4.41. The Morgan fingerprint density at radius 3 is 2.59 bits per heavy atom. The number of aromatic amines is 1. The summed E-state index contributed by atoms with van der Waals surface area (Å²) in [6, 6.07) is 11.3. The Hall–Kier alpha value is -4.21. The molecule has 2 atom stereocenters. The fourth-order valence-corrected chi connectivity index (χ4v) is 4.41. The van der Waals surface area contributed by atoms with Crippen molar-refractivity contribution in [3.05, 3.63) is 66.1 Å². The quantitative estimate of drug-likeness (QED) is 0.429. The SMILES string of the molecule is C[C@@H]1NC(=O)CCCN(C(=O)c2ccccn2)CCCNC(=O)[C@@H](Cc2c[nH]c3ccccc23)NC1=O. The van der Waals surface area contributed by atoms with Gasteiger partial charge in [-0.2, -0.15) is 0 Å². The Kier molecular flexibility index (Phi) is 8.50. The lowest BCUT2D eigenvalue weighted by Gasteiger charge is -2.23. The number of aromatic nitrogens is 2. The van der Waals surface area contributed by atoms with Crippen LogP contribution in [0.1, 0.15) is 42.2 Å². The Bertz CT molecular complexity index is 1260. The molecule has 3 aromatic rings. The first-order valence-corrected chi connectivity index (χ1v) is 12.5. The van der Waals surface area contributed by atoms with Crippen molar-refractivity contribution < 1.29 is 19.2 Å². The molecule has 0 spiro atoms. The molecule has 37 heavy (non-hydrogen) atoms. The maximum Gasteiger partial charge on any atom is 0.272 e. The first-order valence-electron chi connectivity index (χ1n) is 12.5. The zero-order valence-corrected chi connectivity index (χ0v) is 20.8. The van der Waals surface area contributed by atoms with Gasteiger partial charge >= 0.3 is 0 Å². The molecule has 10 heteroatoms. The molecule has 0 aliphatic carbocycles. The molecule has 4 N–H and O–H groups in total. The summed E-state index contributed by atoms with van der Waals surface area (Å²) in [5.74, 6) is -1.27. The molecule has 10 nitrogen and oxygen atoms in total. The average Bonchev–Trinajstić information content (AvgIpc) is 3.31. The number of nitrogens with one attached hydrogen (secondary N) is 4. The van der Waals surface area contributed by atoms with E-state index in [1.807, 2.05) is 30.5 Å². The summed E-state index contributed by atoms with van der Waals surface area (Å²) in [6.07, 6.45) is 4.81. The predicted octanol–water partition coefficient (Wildman–Crippen LogP) is 1.54. The van der Waals surface area contributed by atoms with E-state index in [1.165, 1.54) is 0 Å². The first kappa shape index (κ1) is 25.9. The van der Waals surface area contributed by atoms with Crippen molar-refractivity contribution in [1.29, 1.82) is 0 Å². The largest absolute Gasteiger partial charge is 0.361 e. The highest BCUT2D eigenvalue weighted by Gasteiger charge is 2.26. The molecule has 1 aromatic carbocycles. The number of nitrogens with zero attached hydrogens (tertiary/aromatic N) is 2. The van der Waals surface area contributed by atoms with Crippen LogP contribution in [0.25, 0.3) is 10.9 Å². The lowest BCUT2D eigenvalue weighted by Crippen LogP contribution is -2.53. The molecule has 194 valence electrons. The van der Waals surface area contributed by atoms with Crippen molar-refractivity contribution >= 4 is 34.5 Å². The molecule has 1 fully saturated rings. The number of H-pyrrole nitrogens is 1. The number of benzene rings is 1. The van der Waals surface area contributed by atoms with E-state index in [-0.39, 0.29) is 30.6 Å². The minimum absolute atomic E-state index is 0.166. The predicted molar refractivity (Wildman–Crippen MR) is 139 cm³/mol. The zero-order chi connectivity index (χ0) is 26.2. The third kappa shape index (κ3) is 6.72. The lowest BCUT2D eigenvalue weighted by atomic mass is 10.0. The van der Waals surface area contributed by atoms with Gasteiger partial charge in [0.15, 0.2) is 0 Å². The van der Waals surface area contributed by atoms with Crippen LogP contribution in [0, 0.1) is 0 Å². The van der Waals surface area contributed by atoms with E-state index in [2.05, 4.69) is 25.9 Å². The Morgan fingerprint density at radius 1 is 1.00 bits per heavy atom. The van der Waals surface area contributed by atoms with Crippen molar-refractivity contribution in [2.75, 3.05) is 19.6 Å². The third-order valence-corrected chi connectivity index (χ3v) is 6.41. The molecule has 4 rings (SSSR count). The lowest BCUT2D eigenvalue weighted by molar-refractivity contribution is -0.131. The van der Waals surface area contributed by atoms with Crippen LogP contribution >= 0.6 is 0 Å². The fraction of sp³-hybridized carbons (Fsp3) is 0.370. The summed E-state index contributed by atoms with van der Waals surface area (Å²) in [4.78, 5) is 60.5. The average molecular weight is 505 g/mol. The van der Waals surface area contributed by atoms with E-state index in [4.69, 9.17) is 0 Å². The molecule has 0 bridgehead atoms. The Morgan fingerprint density at radius 2 is 1.78 bits per heavy atom. The van der Waals surface area contributed by atoms with Gasteiger partial charge in [0, 0.05) is 55.8 Å². The number of para-hydroxylation sites is 1. The van der Waals surface area contributed by atoms with E-state index in [0.717, 1.165) is 16.5 Å². The van der Waals surface area contributed by atoms with Crippen LogP contribution in [0.4, 0.5) is 0 Å². The monoisotopic (exact) mass is 504 g/mol. The number of fused-ring (bicyclic) bond motifs is 1. The highest BCUT2D eigenvalue weighted by atomic mass is 16.2. The van der Waals surface area contributed by atoms with Gasteiger partial charge in [-0.3, -0.25) is 24.2 Å². The van der Waals surface area contributed by atoms with Gasteiger partial charge in [-0.25, -0.2) is 0 Å². The molecular formula is C27H32N6O4. The summed E-state index contributed by atoms with van der Waals surface area (Å²) in [5.41, 5.74) is 2.17. The molecule has 0 unspecified atom stereocenters. The molecule has 1 aliphatic rings. The highest BCUT2D eigenvalue weighted by Crippen LogP contribution is 2.19. The minimum Gasteiger partial charge on any atom is -0.361 e. The molecule has 4 amide bonds. The Labute approximate surface area is 215 Å². The zero-order valence-electron chi connectivity index (χ0n) is 20.8.